The molecule has 2 aromatic rings. The molecule has 0 saturated heterocycles. The number of benzene rings is 1. The molecule has 1 unspecified atom stereocenters. The van der Waals surface area contributed by atoms with Crippen LogP contribution in [0.1, 0.15) is 72.9 Å². The van der Waals surface area contributed by atoms with Gasteiger partial charge in [-0.2, -0.15) is 0 Å². The van der Waals surface area contributed by atoms with Crippen molar-refractivity contribution in [1.82, 2.24) is 0 Å². The van der Waals surface area contributed by atoms with Crippen molar-refractivity contribution in [3.05, 3.63) is 58.5 Å². The summed E-state index contributed by atoms with van der Waals surface area (Å²) in [6, 6.07) is 8.67. The Morgan fingerprint density at radius 1 is 0.900 bits per heavy atom. The maximum absolute atomic E-state index is 6.67. The normalized spacial score (nSPS) is 13.2. The van der Waals surface area contributed by atoms with Crippen molar-refractivity contribution in [2.75, 3.05) is 0 Å². The molecule has 0 amide bonds. The SMILES string of the molecule is Cc1cc(C(Cl)c2ccc(C(C)C)cc2C(C)C)co1. The average molecular weight is 291 g/mol. The van der Waals surface area contributed by atoms with Crippen LogP contribution in [0.2, 0.25) is 0 Å². The van der Waals surface area contributed by atoms with Crippen molar-refractivity contribution in [1.29, 1.82) is 0 Å². The van der Waals surface area contributed by atoms with Crippen LogP contribution in [0, 0.1) is 6.92 Å². The predicted molar refractivity (Wildman–Crippen MR) is 85.8 cm³/mol. The number of halogens is 1. The van der Waals surface area contributed by atoms with Gasteiger partial charge in [0, 0.05) is 5.56 Å². The molecule has 0 aliphatic carbocycles. The molecule has 1 aromatic carbocycles. The fourth-order valence-electron chi connectivity index (χ4n) is 2.46. The highest BCUT2D eigenvalue weighted by molar-refractivity contribution is 6.22. The third kappa shape index (κ3) is 3.09. The Balaban J connectivity index is 2.45. The largest absolute Gasteiger partial charge is 0.469 e. The van der Waals surface area contributed by atoms with E-state index in [2.05, 4.69) is 45.9 Å². The average Bonchev–Trinajstić information content (AvgIpc) is 2.83. The third-order valence-corrected chi connectivity index (χ3v) is 4.20. The van der Waals surface area contributed by atoms with Crippen molar-refractivity contribution in [2.24, 2.45) is 0 Å². The van der Waals surface area contributed by atoms with E-state index in [0.717, 1.165) is 11.3 Å². The van der Waals surface area contributed by atoms with Gasteiger partial charge in [0.15, 0.2) is 0 Å². The van der Waals surface area contributed by atoms with Crippen LogP contribution >= 0.6 is 11.6 Å². The lowest BCUT2D eigenvalue weighted by Gasteiger charge is -2.19. The molecule has 0 N–H and O–H groups in total. The minimum atomic E-state index is -0.147. The van der Waals surface area contributed by atoms with Crippen LogP contribution < -0.4 is 0 Å². The van der Waals surface area contributed by atoms with Crippen LogP contribution in [0.25, 0.3) is 0 Å². The number of alkyl halides is 1. The summed E-state index contributed by atoms with van der Waals surface area (Å²) in [6.07, 6.45) is 1.76. The van der Waals surface area contributed by atoms with E-state index in [4.69, 9.17) is 16.0 Å². The minimum Gasteiger partial charge on any atom is -0.469 e. The number of furan rings is 1. The molecular weight excluding hydrogens is 268 g/mol. The molecule has 0 aliphatic rings. The van der Waals surface area contributed by atoms with Crippen LogP contribution in [-0.4, -0.2) is 0 Å². The van der Waals surface area contributed by atoms with Crippen LogP contribution in [0.15, 0.2) is 34.9 Å². The fraction of sp³-hybridized carbons (Fsp3) is 0.444. The smallest absolute Gasteiger partial charge is 0.101 e. The van der Waals surface area contributed by atoms with E-state index in [9.17, 15) is 0 Å². The maximum atomic E-state index is 6.67. The van der Waals surface area contributed by atoms with Gasteiger partial charge in [0.1, 0.15) is 5.76 Å². The zero-order valence-electron chi connectivity index (χ0n) is 12.9. The first-order chi connectivity index (χ1) is 9.40. The van der Waals surface area contributed by atoms with E-state index < -0.39 is 0 Å². The Labute approximate surface area is 127 Å². The van der Waals surface area contributed by atoms with Crippen molar-refractivity contribution in [3.8, 4) is 0 Å². The third-order valence-electron chi connectivity index (χ3n) is 3.72. The summed E-state index contributed by atoms with van der Waals surface area (Å²) in [6.45, 7) is 10.8. The lowest BCUT2D eigenvalue weighted by molar-refractivity contribution is 0.532. The quantitative estimate of drug-likeness (QED) is 0.614. The molecule has 1 aromatic heterocycles. The monoisotopic (exact) mass is 290 g/mol. The van der Waals surface area contributed by atoms with E-state index >= 15 is 0 Å². The molecule has 2 rings (SSSR count). The molecule has 0 spiro atoms. The van der Waals surface area contributed by atoms with Crippen molar-refractivity contribution in [2.45, 2.75) is 51.8 Å². The molecule has 20 heavy (non-hydrogen) atoms. The summed E-state index contributed by atoms with van der Waals surface area (Å²) < 4.78 is 5.38. The zero-order chi connectivity index (χ0) is 14.9. The molecule has 0 saturated carbocycles. The number of hydrogen-bond donors (Lipinski definition) is 0. The van der Waals surface area contributed by atoms with Gasteiger partial charge in [0.05, 0.1) is 11.6 Å². The van der Waals surface area contributed by atoms with Crippen LogP contribution in [0.3, 0.4) is 0 Å². The molecule has 0 radical (unpaired) electrons. The van der Waals surface area contributed by atoms with E-state index in [1.54, 1.807) is 6.26 Å². The summed E-state index contributed by atoms with van der Waals surface area (Å²) in [5.41, 5.74) is 4.91. The summed E-state index contributed by atoms with van der Waals surface area (Å²) in [7, 11) is 0. The Hall–Kier alpha value is -1.21. The predicted octanol–water partition coefficient (Wildman–Crippen LogP) is 6.16. The Morgan fingerprint density at radius 3 is 2.10 bits per heavy atom. The second kappa shape index (κ2) is 6.05. The van der Waals surface area contributed by atoms with Gasteiger partial charge in [-0.05, 0) is 41.5 Å². The van der Waals surface area contributed by atoms with Crippen molar-refractivity contribution >= 4 is 11.6 Å². The molecule has 2 heteroatoms. The highest BCUT2D eigenvalue weighted by Gasteiger charge is 2.19. The summed E-state index contributed by atoms with van der Waals surface area (Å²) in [5.74, 6) is 1.89. The lowest BCUT2D eigenvalue weighted by atomic mass is 9.89. The zero-order valence-corrected chi connectivity index (χ0v) is 13.7. The first-order valence-corrected chi connectivity index (χ1v) is 7.66. The molecule has 0 aliphatic heterocycles. The topological polar surface area (TPSA) is 13.1 Å². The van der Waals surface area contributed by atoms with Gasteiger partial charge in [-0.25, -0.2) is 0 Å². The molecule has 0 bridgehead atoms. The highest BCUT2D eigenvalue weighted by atomic mass is 35.5. The van der Waals surface area contributed by atoms with Crippen molar-refractivity contribution in [3.63, 3.8) is 0 Å². The maximum Gasteiger partial charge on any atom is 0.101 e. The molecular formula is C18H23ClO. The first-order valence-electron chi connectivity index (χ1n) is 7.23. The standard InChI is InChI=1S/C18H23ClO/c1-11(2)14-6-7-16(17(9-14)12(3)4)18(19)15-8-13(5)20-10-15/h6-12,18H,1-5H3. The van der Waals surface area contributed by atoms with Crippen LogP contribution in [-0.2, 0) is 0 Å². The molecule has 1 nitrogen and oxygen atoms in total. The number of aryl methyl sites for hydroxylation is 1. The van der Waals surface area contributed by atoms with Gasteiger partial charge < -0.3 is 4.42 Å². The molecule has 0 fully saturated rings. The Morgan fingerprint density at radius 2 is 1.60 bits per heavy atom. The van der Waals surface area contributed by atoms with E-state index in [0.29, 0.717) is 11.8 Å². The summed E-state index contributed by atoms with van der Waals surface area (Å²) in [5, 5.41) is -0.147. The first kappa shape index (κ1) is 15.2. The Bertz CT molecular complexity index is 581. The number of hydrogen-bond acceptors (Lipinski definition) is 1. The van der Waals surface area contributed by atoms with E-state index in [1.165, 1.54) is 16.7 Å². The van der Waals surface area contributed by atoms with E-state index in [-0.39, 0.29) is 5.38 Å². The van der Waals surface area contributed by atoms with Gasteiger partial charge in [-0.3, -0.25) is 0 Å². The highest BCUT2D eigenvalue weighted by Crippen LogP contribution is 2.36. The fourth-order valence-corrected chi connectivity index (χ4v) is 2.77. The second-order valence-electron chi connectivity index (χ2n) is 6.05. The molecule has 1 heterocycles. The summed E-state index contributed by atoms with van der Waals surface area (Å²) >= 11 is 6.67. The molecule has 108 valence electrons. The Kier molecular flexibility index (Phi) is 4.59. The molecule has 1 atom stereocenters. The van der Waals surface area contributed by atoms with Gasteiger partial charge in [0.25, 0.3) is 0 Å². The van der Waals surface area contributed by atoms with E-state index in [1.807, 2.05) is 13.0 Å². The number of rotatable bonds is 4. The second-order valence-corrected chi connectivity index (χ2v) is 6.49. The van der Waals surface area contributed by atoms with Gasteiger partial charge in [0.2, 0.25) is 0 Å². The van der Waals surface area contributed by atoms with Gasteiger partial charge >= 0.3 is 0 Å². The lowest BCUT2D eigenvalue weighted by Crippen LogP contribution is -2.02. The summed E-state index contributed by atoms with van der Waals surface area (Å²) in [4.78, 5) is 0. The van der Waals surface area contributed by atoms with Crippen LogP contribution in [0.4, 0.5) is 0 Å². The minimum absolute atomic E-state index is 0.147. The van der Waals surface area contributed by atoms with Gasteiger partial charge in [-0.15, -0.1) is 11.6 Å². The van der Waals surface area contributed by atoms with Crippen molar-refractivity contribution < 1.29 is 4.42 Å². The van der Waals surface area contributed by atoms with Gasteiger partial charge in [-0.1, -0.05) is 45.9 Å². The van der Waals surface area contributed by atoms with Crippen LogP contribution in [0.5, 0.6) is 0 Å².